The minimum Gasteiger partial charge on any atom is -0.339 e. The topological polar surface area (TPSA) is 32.3 Å². The van der Waals surface area contributed by atoms with Crippen molar-refractivity contribution in [1.82, 2.24) is 10.2 Å². The van der Waals surface area contributed by atoms with Gasteiger partial charge in [0.05, 0.1) is 6.54 Å². The summed E-state index contributed by atoms with van der Waals surface area (Å²) in [7, 11) is 0. The summed E-state index contributed by atoms with van der Waals surface area (Å²) >= 11 is 0. The van der Waals surface area contributed by atoms with Crippen LogP contribution in [0, 0.1) is 0 Å². The van der Waals surface area contributed by atoms with Gasteiger partial charge in [-0.05, 0) is 39.0 Å². The van der Waals surface area contributed by atoms with Gasteiger partial charge >= 0.3 is 0 Å². The Morgan fingerprint density at radius 1 is 1.36 bits per heavy atom. The maximum absolute atomic E-state index is 11.8. The van der Waals surface area contributed by atoms with Crippen molar-refractivity contribution in [2.45, 2.75) is 51.1 Å². The molecule has 0 spiro atoms. The molecule has 1 aliphatic heterocycles. The monoisotopic (exact) mass is 196 g/mol. The van der Waals surface area contributed by atoms with E-state index < -0.39 is 0 Å². The Bertz CT molecular complexity index is 213. The first kappa shape index (κ1) is 9.97. The summed E-state index contributed by atoms with van der Waals surface area (Å²) in [5, 5.41) is 3.28. The molecule has 0 aromatic rings. The van der Waals surface area contributed by atoms with Crippen molar-refractivity contribution in [2.75, 3.05) is 13.1 Å². The van der Waals surface area contributed by atoms with E-state index in [1.807, 2.05) is 4.90 Å². The van der Waals surface area contributed by atoms with Crippen LogP contribution in [0.4, 0.5) is 0 Å². The van der Waals surface area contributed by atoms with Crippen molar-refractivity contribution in [3.05, 3.63) is 0 Å². The number of carbonyl (C=O) groups is 1. The van der Waals surface area contributed by atoms with Gasteiger partial charge in [0.15, 0.2) is 0 Å². The Morgan fingerprint density at radius 2 is 2.14 bits per heavy atom. The second-order valence-electron chi connectivity index (χ2n) is 4.59. The number of amides is 1. The molecule has 0 radical (unpaired) electrons. The van der Waals surface area contributed by atoms with Crippen LogP contribution in [-0.4, -0.2) is 36.0 Å². The van der Waals surface area contributed by atoms with Crippen LogP contribution in [-0.2, 0) is 4.79 Å². The molecule has 1 heterocycles. The molecule has 1 N–H and O–H groups in total. The molecule has 3 nitrogen and oxygen atoms in total. The SMILES string of the molecule is C[C@@H]1CCCCN1C(=O)CNC1CC1. The molecule has 1 amide bonds. The lowest BCUT2D eigenvalue weighted by molar-refractivity contribution is -0.133. The Hall–Kier alpha value is -0.570. The third-order valence-corrected chi connectivity index (χ3v) is 3.24. The number of likely N-dealkylation sites (tertiary alicyclic amines) is 1. The number of hydrogen-bond acceptors (Lipinski definition) is 2. The van der Waals surface area contributed by atoms with Gasteiger partial charge in [-0.3, -0.25) is 4.79 Å². The predicted molar refractivity (Wildman–Crippen MR) is 56.1 cm³/mol. The fraction of sp³-hybridized carbons (Fsp3) is 0.909. The third kappa shape index (κ3) is 2.47. The normalized spacial score (nSPS) is 27.8. The highest BCUT2D eigenvalue weighted by Crippen LogP contribution is 2.19. The van der Waals surface area contributed by atoms with E-state index in [9.17, 15) is 4.79 Å². The van der Waals surface area contributed by atoms with Crippen molar-refractivity contribution < 1.29 is 4.79 Å². The van der Waals surface area contributed by atoms with E-state index in [0.29, 0.717) is 24.5 Å². The molecule has 2 rings (SSSR count). The molecule has 0 aromatic carbocycles. The van der Waals surface area contributed by atoms with E-state index >= 15 is 0 Å². The van der Waals surface area contributed by atoms with Gasteiger partial charge < -0.3 is 10.2 Å². The predicted octanol–water partition coefficient (Wildman–Crippen LogP) is 1.14. The molecule has 0 aromatic heterocycles. The lowest BCUT2D eigenvalue weighted by Gasteiger charge is -2.33. The van der Waals surface area contributed by atoms with Gasteiger partial charge in [-0.25, -0.2) is 0 Å². The zero-order valence-corrected chi connectivity index (χ0v) is 8.96. The van der Waals surface area contributed by atoms with Gasteiger partial charge in [-0.15, -0.1) is 0 Å². The molecule has 1 saturated heterocycles. The fourth-order valence-corrected chi connectivity index (χ4v) is 2.09. The van der Waals surface area contributed by atoms with Crippen LogP contribution in [0.25, 0.3) is 0 Å². The standard InChI is InChI=1S/C11H20N2O/c1-9-4-2-3-7-13(9)11(14)8-12-10-5-6-10/h9-10,12H,2-8H2,1H3/t9-/m1/s1. The van der Waals surface area contributed by atoms with Crippen LogP contribution in [0.15, 0.2) is 0 Å². The number of nitrogens with zero attached hydrogens (tertiary/aromatic N) is 1. The zero-order chi connectivity index (χ0) is 9.97. The molecule has 3 heteroatoms. The van der Waals surface area contributed by atoms with Gasteiger partial charge in [0.25, 0.3) is 0 Å². The van der Waals surface area contributed by atoms with Crippen LogP contribution in [0.1, 0.15) is 39.0 Å². The van der Waals surface area contributed by atoms with Crippen molar-refractivity contribution in [3.63, 3.8) is 0 Å². The number of hydrogen-bond donors (Lipinski definition) is 1. The Kier molecular flexibility index (Phi) is 3.06. The summed E-state index contributed by atoms with van der Waals surface area (Å²) in [5.74, 6) is 0.295. The molecule has 2 fully saturated rings. The van der Waals surface area contributed by atoms with E-state index in [0.717, 1.165) is 6.54 Å². The lowest BCUT2D eigenvalue weighted by Crippen LogP contribution is -2.46. The average molecular weight is 196 g/mol. The summed E-state index contributed by atoms with van der Waals surface area (Å²) < 4.78 is 0. The highest BCUT2D eigenvalue weighted by atomic mass is 16.2. The summed E-state index contributed by atoms with van der Waals surface area (Å²) in [6, 6.07) is 1.09. The number of rotatable bonds is 3. The lowest BCUT2D eigenvalue weighted by atomic mass is 10.0. The Morgan fingerprint density at radius 3 is 2.79 bits per heavy atom. The zero-order valence-electron chi connectivity index (χ0n) is 8.96. The largest absolute Gasteiger partial charge is 0.339 e. The first-order valence-electron chi connectivity index (χ1n) is 5.80. The molecule has 1 atom stereocenters. The van der Waals surface area contributed by atoms with E-state index in [1.54, 1.807) is 0 Å². The van der Waals surface area contributed by atoms with Crippen molar-refractivity contribution in [3.8, 4) is 0 Å². The summed E-state index contributed by atoms with van der Waals surface area (Å²) in [6.07, 6.45) is 6.14. The van der Waals surface area contributed by atoms with Gasteiger partial charge in [0, 0.05) is 18.6 Å². The van der Waals surface area contributed by atoms with Crippen molar-refractivity contribution >= 4 is 5.91 Å². The van der Waals surface area contributed by atoms with E-state index in [1.165, 1.54) is 32.1 Å². The molecule has 0 unspecified atom stereocenters. The highest BCUT2D eigenvalue weighted by Gasteiger charge is 2.25. The number of piperidine rings is 1. The van der Waals surface area contributed by atoms with E-state index in [4.69, 9.17) is 0 Å². The molecule has 1 aliphatic carbocycles. The van der Waals surface area contributed by atoms with Crippen molar-refractivity contribution in [2.24, 2.45) is 0 Å². The molecule has 1 saturated carbocycles. The maximum Gasteiger partial charge on any atom is 0.236 e. The third-order valence-electron chi connectivity index (χ3n) is 3.24. The van der Waals surface area contributed by atoms with Gasteiger partial charge in [-0.2, -0.15) is 0 Å². The molecule has 80 valence electrons. The smallest absolute Gasteiger partial charge is 0.236 e. The summed E-state index contributed by atoms with van der Waals surface area (Å²) in [4.78, 5) is 13.8. The molecule has 2 aliphatic rings. The van der Waals surface area contributed by atoms with Gasteiger partial charge in [0.2, 0.25) is 5.91 Å². The number of carbonyl (C=O) groups excluding carboxylic acids is 1. The Labute approximate surface area is 85.8 Å². The second-order valence-corrected chi connectivity index (χ2v) is 4.59. The Balaban J connectivity index is 1.76. The number of nitrogens with one attached hydrogen (secondary N) is 1. The maximum atomic E-state index is 11.8. The van der Waals surface area contributed by atoms with Crippen molar-refractivity contribution in [1.29, 1.82) is 0 Å². The van der Waals surface area contributed by atoms with Gasteiger partial charge in [0.1, 0.15) is 0 Å². The van der Waals surface area contributed by atoms with Crippen LogP contribution in [0.5, 0.6) is 0 Å². The van der Waals surface area contributed by atoms with Crippen LogP contribution in [0.2, 0.25) is 0 Å². The molecular weight excluding hydrogens is 176 g/mol. The summed E-state index contributed by atoms with van der Waals surface area (Å²) in [6.45, 7) is 3.68. The van der Waals surface area contributed by atoms with Crippen LogP contribution in [0.3, 0.4) is 0 Å². The molecular formula is C11H20N2O. The summed E-state index contributed by atoms with van der Waals surface area (Å²) in [5.41, 5.74) is 0. The minimum atomic E-state index is 0.295. The van der Waals surface area contributed by atoms with Crippen LogP contribution < -0.4 is 5.32 Å². The average Bonchev–Trinajstić information content (AvgIpc) is 2.98. The first-order chi connectivity index (χ1) is 6.77. The second kappa shape index (κ2) is 4.30. The van der Waals surface area contributed by atoms with Crippen LogP contribution >= 0.6 is 0 Å². The first-order valence-corrected chi connectivity index (χ1v) is 5.80. The molecule has 0 bridgehead atoms. The minimum absolute atomic E-state index is 0.295. The fourth-order valence-electron chi connectivity index (χ4n) is 2.09. The van der Waals surface area contributed by atoms with Gasteiger partial charge in [-0.1, -0.05) is 0 Å². The quantitative estimate of drug-likeness (QED) is 0.734. The highest BCUT2D eigenvalue weighted by molar-refractivity contribution is 5.78. The van der Waals surface area contributed by atoms with E-state index in [-0.39, 0.29) is 0 Å². The van der Waals surface area contributed by atoms with E-state index in [2.05, 4.69) is 12.2 Å². The molecule has 14 heavy (non-hydrogen) atoms.